The molecular formula is C14H29N3. The molecule has 0 bridgehead atoms. The van der Waals surface area contributed by atoms with Crippen molar-refractivity contribution in [2.45, 2.75) is 38.1 Å². The molecule has 0 aromatic rings. The van der Waals surface area contributed by atoms with Gasteiger partial charge in [-0.15, -0.1) is 0 Å². The maximum Gasteiger partial charge on any atom is 0.0173 e. The van der Waals surface area contributed by atoms with Crippen LogP contribution in [0.5, 0.6) is 0 Å². The van der Waals surface area contributed by atoms with Crippen LogP contribution in [-0.2, 0) is 0 Å². The third kappa shape index (κ3) is 2.67. The molecule has 0 aromatic carbocycles. The van der Waals surface area contributed by atoms with E-state index in [0.29, 0.717) is 11.5 Å². The van der Waals surface area contributed by atoms with Gasteiger partial charge in [0, 0.05) is 19.1 Å². The van der Waals surface area contributed by atoms with Crippen LogP contribution in [-0.4, -0.2) is 51.7 Å². The number of hydrogen-bond donors (Lipinski definition) is 2. The molecule has 0 amide bonds. The van der Waals surface area contributed by atoms with Gasteiger partial charge in [-0.1, -0.05) is 6.42 Å². The number of hydrogen-bond acceptors (Lipinski definition) is 3. The molecule has 1 aliphatic carbocycles. The molecule has 2 atom stereocenters. The van der Waals surface area contributed by atoms with E-state index in [1.807, 2.05) is 0 Å². The first kappa shape index (κ1) is 13.3. The van der Waals surface area contributed by atoms with Crippen molar-refractivity contribution in [3.63, 3.8) is 0 Å². The summed E-state index contributed by atoms with van der Waals surface area (Å²) in [5, 5.41) is 7.08. The predicted octanol–water partition coefficient (Wildman–Crippen LogP) is 1.31. The molecule has 2 aliphatic rings. The second-order valence-electron chi connectivity index (χ2n) is 6.18. The fourth-order valence-corrected chi connectivity index (χ4v) is 4.10. The van der Waals surface area contributed by atoms with Crippen LogP contribution in [0.3, 0.4) is 0 Å². The molecule has 100 valence electrons. The molecule has 17 heavy (non-hydrogen) atoms. The van der Waals surface area contributed by atoms with Gasteiger partial charge in [-0.2, -0.15) is 0 Å². The molecule has 0 radical (unpaired) electrons. The van der Waals surface area contributed by atoms with Crippen LogP contribution >= 0.6 is 0 Å². The summed E-state index contributed by atoms with van der Waals surface area (Å²) in [5.41, 5.74) is 0.534. The predicted molar refractivity (Wildman–Crippen MR) is 73.3 cm³/mol. The van der Waals surface area contributed by atoms with Gasteiger partial charge in [-0.3, -0.25) is 0 Å². The van der Waals surface area contributed by atoms with E-state index in [1.54, 1.807) is 0 Å². The van der Waals surface area contributed by atoms with E-state index in [9.17, 15) is 0 Å². The van der Waals surface area contributed by atoms with E-state index >= 15 is 0 Å². The van der Waals surface area contributed by atoms with Gasteiger partial charge in [-0.05, 0) is 64.7 Å². The molecule has 2 unspecified atom stereocenters. The van der Waals surface area contributed by atoms with Crippen molar-refractivity contribution >= 4 is 0 Å². The molecule has 0 aromatic heterocycles. The lowest BCUT2D eigenvalue weighted by molar-refractivity contribution is 0.0251. The molecule has 3 heteroatoms. The van der Waals surface area contributed by atoms with Crippen molar-refractivity contribution in [1.29, 1.82) is 0 Å². The van der Waals surface area contributed by atoms with Crippen molar-refractivity contribution in [1.82, 2.24) is 15.5 Å². The van der Waals surface area contributed by atoms with Gasteiger partial charge in [0.25, 0.3) is 0 Å². The second-order valence-corrected chi connectivity index (χ2v) is 6.18. The van der Waals surface area contributed by atoms with Gasteiger partial charge >= 0.3 is 0 Å². The highest BCUT2D eigenvalue weighted by Gasteiger charge is 2.46. The van der Waals surface area contributed by atoms with Crippen molar-refractivity contribution < 1.29 is 0 Å². The highest BCUT2D eigenvalue weighted by Crippen LogP contribution is 2.46. The highest BCUT2D eigenvalue weighted by atomic mass is 15.1. The van der Waals surface area contributed by atoms with Crippen LogP contribution in [0.1, 0.15) is 32.1 Å². The summed E-state index contributed by atoms with van der Waals surface area (Å²) in [6, 6.07) is 0.700. The van der Waals surface area contributed by atoms with Crippen LogP contribution in [0.2, 0.25) is 0 Å². The zero-order valence-electron chi connectivity index (χ0n) is 11.8. The van der Waals surface area contributed by atoms with Crippen molar-refractivity contribution in [3.8, 4) is 0 Å². The summed E-state index contributed by atoms with van der Waals surface area (Å²) in [7, 11) is 6.53. The standard InChI is InChI=1S/C14H29N3/c1-15-11-14(7-5-8-14)13(16-2)12-6-4-9-17(3)10-12/h12-13,15-16H,4-11H2,1-3H3. The Morgan fingerprint density at radius 3 is 2.53 bits per heavy atom. The summed E-state index contributed by atoms with van der Waals surface area (Å²) in [4.78, 5) is 2.50. The third-order valence-electron chi connectivity index (χ3n) is 4.98. The Kier molecular flexibility index (Phi) is 4.45. The zero-order chi connectivity index (χ0) is 12.3. The number of piperidine rings is 1. The van der Waals surface area contributed by atoms with E-state index in [4.69, 9.17) is 0 Å². The first-order chi connectivity index (χ1) is 8.22. The Hall–Kier alpha value is -0.120. The highest BCUT2D eigenvalue weighted by molar-refractivity contribution is 5.01. The van der Waals surface area contributed by atoms with Crippen molar-refractivity contribution in [2.75, 3.05) is 40.8 Å². The maximum atomic E-state index is 3.65. The molecule has 0 spiro atoms. The summed E-state index contributed by atoms with van der Waals surface area (Å²) < 4.78 is 0. The van der Waals surface area contributed by atoms with Crippen LogP contribution in [0, 0.1) is 11.3 Å². The first-order valence-electron chi connectivity index (χ1n) is 7.22. The average molecular weight is 239 g/mol. The minimum absolute atomic E-state index is 0.534. The number of nitrogens with one attached hydrogen (secondary N) is 2. The Morgan fingerprint density at radius 2 is 2.06 bits per heavy atom. The summed E-state index contributed by atoms with van der Waals surface area (Å²) >= 11 is 0. The normalized spacial score (nSPS) is 30.9. The molecule has 1 saturated heterocycles. The van der Waals surface area contributed by atoms with Gasteiger partial charge in [0.05, 0.1) is 0 Å². The van der Waals surface area contributed by atoms with Gasteiger partial charge < -0.3 is 15.5 Å². The average Bonchev–Trinajstić information content (AvgIpc) is 2.27. The Balaban J connectivity index is 2.03. The van der Waals surface area contributed by atoms with E-state index in [-0.39, 0.29) is 0 Å². The lowest BCUT2D eigenvalue weighted by atomic mass is 9.60. The smallest absolute Gasteiger partial charge is 0.0173 e. The van der Waals surface area contributed by atoms with Crippen LogP contribution in [0.4, 0.5) is 0 Å². The van der Waals surface area contributed by atoms with Crippen LogP contribution in [0.15, 0.2) is 0 Å². The Bertz CT molecular complexity index is 238. The molecule has 1 aliphatic heterocycles. The van der Waals surface area contributed by atoms with Gasteiger partial charge in [0.2, 0.25) is 0 Å². The maximum absolute atomic E-state index is 3.65. The Morgan fingerprint density at radius 1 is 1.29 bits per heavy atom. The molecular weight excluding hydrogens is 210 g/mol. The zero-order valence-corrected chi connectivity index (χ0v) is 11.8. The van der Waals surface area contributed by atoms with E-state index < -0.39 is 0 Å². The van der Waals surface area contributed by atoms with E-state index in [1.165, 1.54) is 51.7 Å². The topological polar surface area (TPSA) is 27.3 Å². The number of rotatable bonds is 5. The van der Waals surface area contributed by atoms with Gasteiger partial charge in [-0.25, -0.2) is 0 Å². The third-order valence-corrected chi connectivity index (χ3v) is 4.98. The van der Waals surface area contributed by atoms with Crippen molar-refractivity contribution in [3.05, 3.63) is 0 Å². The molecule has 2 rings (SSSR count). The molecule has 2 N–H and O–H groups in total. The fraction of sp³-hybridized carbons (Fsp3) is 1.00. The van der Waals surface area contributed by atoms with Gasteiger partial charge in [0.15, 0.2) is 0 Å². The van der Waals surface area contributed by atoms with Crippen molar-refractivity contribution in [2.24, 2.45) is 11.3 Å². The molecule has 1 heterocycles. The largest absolute Gasteiger partial charge is 0.319 e. The number of nitrogens with zero attached hydrogens (tertiary/aromatic N) is 1. The van der Waals surface area contributed by atoms with E-state index in [2.05, 4.69) is 36.7 Å². The minimum Gasteiger partial charge on any atom is -0.319 e. The first-order valence-corrected chi connectivity index (χ1v) is 7.22. The molecule has 3 nitrogen and oxygen atoms in total. The summed E-state index contributed by atoms with van der Waals surface area (Å²) in [6.45, 7) is 3.74. The quantitative estimate of drug-likeness (QED) is 0.757. The lowest BCUT2D eigenvalue weighted by Gasteiger charge is -2.52. The SMILES string of the molecule is CNCC1(C(NC)C2CCCN(C)C2)CCC1. The summed E-state index contributed by atoms with van der Waals surface area (Å²) in [6.07, 6.45) is 7.00. The Labute approximate surface area is 106 Å². The second kappa shape index (κ2) is 5.68. The fourth-order valence-electron chi connectivity index (χ4n) is 4.10. The monoisotopic (exact) mass is 239 g/mol. The van der Waals surface area contributed by atoms with E-state index in [0.717, 1.165) is 5.92 Å². The molecule has 1 saturated carbocycles. The lowest BCUT2D eigenvalue weighted by Crippen LogP contribution is -2.58. The molecule has 2 fully saturated rings. The minimum atomic E-state index is 0.534. The number of likely N-dealkylation sites (tertiary alicyclic amines) is 1. The summed E-state index contributed by atoms with van der Waals surface area (Å²) in [5.74, 6) is 0.840. The van der Waals surface area contributed by atoms with Crippen LogP contribution < -0.4 is 10.6 Å². The van der Waals surface area contributed by atoms with Gasteiger partial charge in [0.1, 0.15) is 0 Å². The van der Waals surface area contributed by atoms with Crippen LogP contribution in [0.25, 0.3) is 0 Å².